The lowest BCUT2D eigenvalue weighted by Gasteiger charge is -2.27. The van der Waals surface area contributed by atoms with Gasteiger partial charge in [-0.2, -0.15) is 0 Å². The van der Waals surface area contributed by atoms with Crippen LogP contribution in [0.2, 0.25) is 4.34 Å². The summed E-state index contributed by atoms with van der Waals surface area (Å²) in [5, 5.41) is 0. The predicted molar refractivity (Wildman–Crippen MR) is 88.4 cm³/mol. The third kappa shape index (κ3) is 4.18. The van der Waals surface area contributed by atoms with Crippen molar-refractivity contribution in [2.45, 2.75) is 10.8 Å². The van der Waals surface area contributed by atoms with E-state index in [2.05, 4.69) is 19.6 Å². The molecule has 2 aromatic heterocycles. The van der Waals surface area contributed by atoms with Gasteiger partial charge in [-0.1, -0.05) is 11.6 Å². The first kappa shape index (κ1) is 16.6. The summed E-state index contributed by atoms with van der Waals surface area (Å²) in [7, 11) is -3.60. The zero-order valence-corrected chi connectivity index (χ0v) is 14.5. The van der Waals surface area contributed by atoms with Gasteiger partial charge in [0.1, 0.15) is 15.9 Å². The number of hydrogen-bond donors (Lipinski definition) is 1. The van der Waals surface area contributed by atoms with Crippen molar-refractivity contribution in [3.63, 3.8) is 0 Å². The average Bonchev–Trinajstić information content (AvgIpc) is 3.02. The van der Waals surface area contributed by atoms with E-state index in [1.165, 1.54) is 6.07 Å². The highest BCUT2D eigenvalue weighted by Crippen LogP contribution is 2.25. The minimum absolute atomic E-state index is 0.0238. The molecule has 7 nitrogen and oxygen atoms in total. The number of aromatic nitrogens is 2. The number of nitrogens with one attached hydrogen (secondary N) is 1. The van der Waals surface area contributed by atoms with Crippen LogP contribution >= 0.6 is 22.9 Å². The summed E-state index contributed by atoms with van der Waals surface area (Å²) in [6.07, 6.45) is 1.63. The second kappa shape index (κ2) is 7.10. The van der Waals surface area contributed by atoms with Gasteiger partial charge in [0.25, 0.3) is 10.0 Å². The SMILES string of the molecule is O=S(=O)(NCc1nccc(N2CCOCC2)n1)c1ccc(Cl)s1. The fourth-order valence-electron chi connectivity index (χ4n) is 2.11. The molecule has 1 fully saturated rings. The highest BCUT2D eigenvalue weighted by atomic mass is 35.5. The first-order valence-electron chi connectivity index (χ1n) is 6.94. The summed E-state index contributed by atoms with van der Waals surface area (Å²) in [6, 6.07) is 4.83. The summed E-state index contributed by atoms with van der Waals surface area (Å²) in [6.45, 7) is 2.86. The van der Waals surface area contributed by atoms with E-state index < -0.39 is 10.0 Å². The molecule has 3 heterocycles. The summed E-state index contributed by atoms with van der Waals surface area (Å²) < 4.78 is 32.7. The Balaban J connectivity index is 1.68. The number of anilines is 1. The zero-order valence-electron chi connectivity index (χ0n) is 12.1. The molecular formula is C13H15ClN4O3S2. The molecule has 10 heteroatoms. The molecule has 1 aliphatic heterocycles. The molecular weight excluding hydrogens is 360 g/mol. The van der Waals surface area contributed by atoms with Gasteiger partial charge in [-0.3, -0.25) is 0 Å². The van der Waals surface area contributed by atoms with E-state index in [0.717, 1.165) is 30.2 Å². The molecule has 0 bridgehead atoms. The van der Waals surface area contributed by atoms with E-state index in [-0.39, 0.29) is 10.8 Å². The highest BCUT2D eigenvalue weighted by Gasteiger charge is 2.18. The molecule has 0 amide bonds. The average molecular weight is 375 g/mol. The van der Waals surface area contributed by atoms with Gasteiger partial charge < -0.3 is 9.64 Å². The van der Waals surface area contributed by atoms with Crippen molar-refractivity contribution in [1.29, 1.82) is 0 Å². The van der Waals surface area contributed by atoms with Crippen molar-refractivity contribution >= 4 is 38.8 Å². The van der Waals surface area contributed by atoms with Crippen LogP contribution in [0.5, 0.6) is 0 Å². The van der Waals surface area contributed by atoms with Gasteiger partial charge in [0, 0.05) is 19.3 Å². The Bertz CT molecular complexity index is 775. The molecule has 0 saturated carbocycles. The smallest absolute Gasteiger partial charge is 0.250 e. The third-order valence-electron chi connectivity index (χ3n) is 3.26. The topological polar surface area (TPSA) is 84.4 Å². The molecule has 0 aromatic carbocycles. The van der Waals surface area contributed by atoms with Gasteiger partial charge >= 0.3 is 0 Å². The van der Waals surface area contributed by atoms with Crippen molar-refractivity contribution < 1.29 is 13.2 Å². The zero-order chi connectivity index (χ0) is 16.3. The largest absolute Gasteiger partial charge is 0.378 e. The summed E-state index contributed by atoms with van der Waals surface area (Å²) in [5.41, 5.74) is 0. The lowest BCUT2D eigenvalue weighted by atomic mass is 10.4. The molecule has 1 N–H and O–H groups in total. The standard InChI is InChI=1S/C13H15ClN4O3S2/c14-10-1-2-13(22-10)23(19,20)16-9-11-15-4-3-12(17-11)18-5-7-21-8-6-18/h1-4,16H,5-9H2. The van der Waals surface area contributed by atoms with Crippen molar-refractivity contribution in [3.8, 4) is 0 Å². The highest BCUT2D eigenvalue weighted by molar-refractivity contribution is 7.91. The first-order chi connectivity index (χ1) is 11.0. The van der Waals surface area contributed by atoms with Crippen LogP contribution in [0.3, 0.4) is 0 Å². The van der Waals surface area contributed by atoms with E-state index in [1.54, 1.807) is 12.3 Å². The van der Waals surface area contributed by atoms with Gasteiger partial charge in [0.2, 0.25) is 0 Å². The minimum atomic E-state index is -3.60. The number of ether oxygens (including phenoxy) is 1. The molecule has 2 aromatic rings. The van der Waals surface area contributed by atoms with Crippen LogP contribution in [0.15, 0.2) is 28.6 Å². The molecule has 3 rings (SSSR count). The Morgan fingerprint density at radius 2 is 2.09 bits per heavy atom. The Kier molecular flexibility index (Phi) is 5.12. The Labute approximate surface area is 143 Å². The fraction of sp³-hybridized carbons (Fsp3) is 0.385. The molecule has 0 aliphatic carbocycles. The van der Waals surface area contributed by atoms with Crippen molar-refractivity contribution in [3.05, 3.63) is 34.6 Å². The van der Waals surface area contributed by atoms with Crippen LogP contribution in [0.25, 0.3) is 0 Å². The van der Waals surface area contributed by atoms with Crippen LogP contribution < -0.4 is 9.62 Å². The maximum atomic E-state index is 12.2. The second-order valence-electron chi connectivity index (χ2n) is 4.81. The molecule has 0 spiro atoms. The van der Waals surface area contributed by atoms with Crippen molar-refractivity contribution in [2.24, 2.45) is 0 Å². The Morgan fingerprint density at radius 3 is 2.78 bits per heavy atom. The number of halogens is 1. The van der Waals surface area contributed by atoms with Crippen LogP contribution in [0.4, 0.5) is 5.82 Å². The van der Waals surface area contributed by atoms with Crippen molar-refractivity contribution in [1.82, 2.24) is 14.7 Å². The number of sulfonamides is 1. The third-order valence-corrected chi connectivity index (χ3v) is 6.38. The predicted octanol–water partition coefficient (Wildman–Crippen LogP) is 1.51. The second-order valence-corrected chi connectivity index (χ2v) is 8.52. The first-order valence-corrected chi connectivity index (χ1v) is 9.62. The molecule has 0 radical (unpaired) electrons. The minimum Gasteiger partial charge on any atom is -0.378 e. The van der Waals surface area contributed by atoms with E-state index in [0.29, 0.717) is 23.4 Å². The molecule has 1 saturated heterocycles. The lowest BCUT2D eigenvalue weighted by molar-refractivity contribution is 0.122. The van der Waals surface area contributed by atoms with E-state index >= 15 is 0 Å². The number of rotatable bonds is 5. The summed E-state index contributed by atoms with van der Waals surface area (Å²) >= 11 is 6.78. The number of morpholine rings is 1. The van der Waals surface area contributed by atoms with E-state index in [9.17, 15) is 8.42 Å². The maximum Gasteiger partial charge on any atom is 0.250 e. The number of nitrogens with zero attached hydrogens (tertiary/aromatic N) is 3. The van der Waals surface area contributed by atoms with Gasteiger partial charge in [0.15, 0.2) is 0 Å². The quantitative estimate of drug-likeness (QED) is 0.853. The fourth-order valence-corrected chi connectivity index (χ4v) is 4.62. The number of thiophene rings is 1. The monoisotopic (exact) mass is 374 g/mol. The molecule has 0 atom stereocenters. The van der Waals surface area contributed by atoms with Gasteiger partial charge in [-0.25, -0.2) is 23.1 Å². The Morgan fingerprint density at radius 1 is 1.30 bits per heavy atom. The molecule has 1 aliphatic rings. The van der Waals surface area contributed by atoms with Crippen molar-refractivity contribution in [2.75, 3.05) is 31.2 Å². The summed E-state index contributed by atoms with van der Waals surface area (Å²) in [5.74, 6) is 1.19. The van der Waals surface area contributed by atoms with E-state index in [1.807, 2.05) is 6.07 Å². The van der Waals surface area contributed by atoms with Gasteiger partial charge in [0.05, 0.1) is 24.1 Å². The van der Waals surface area contributed by atoms with Crippen LogP contribution in [-0.4, -0.2) is 44.7 Å². The lowest BCUT2D eigenvalue weighted by Crippen LogP contribution is -2.37. The Hall–Kier alpha value is -1.26. The van der Waals surface area contributed by atoms with Crippen LogP contribution in [0, 0.1) is 0 Å². The number of hydrogen-bond acceptors (Lipinski definition) is 7. The molecule has 23 heavy (non-hydrogen) atoms. The van der Waals surface area contributed by atoms with Crippen LogP contribution in [-0.2, 0) is 21.3 Å². The summed E-state index contributed by atoms with van der Waals surface area (Å²) in [4.78, 5) is 10.6. The van der Waals surface area contributed by atoms with Gasteiger partial charge in [-0.05, 0) is 18.2 Å². The van der Waals surface area contributed by atoms with Crippen LogP contribution in [0.1, 0.15) is 5.82 Å². The van der Waals surface area contributed by atoms with E-state index in [4.69, 9.17) is 16.3 Å². The molecule has 124 valence electrons. The molecule has 0 unspecified atom stereocenters. The normalized spacial score (nSPS) is 15.8. The van der Waals surface area contributed by atoms with Gasteiger partial charge in [-0.15, -0.1) is 11.3 Å². The maximum absolute atomic E-state index is 12.2.